The van der Waals surface area contributed by atoms with Gasteiger partial charge in [-0.2, -0.15) is 5.26 Å². The van der Waals surface area contributed by atoms with Crippen molar-refractivity contribution in [3.05, 3.63) is 128 Å². The fraction of sp³-hybridized carbons (Fsp3) is 0.500. The molecule has 0 amide bonds. The van der Waals surface area contributed by atoms with Gasteiger partial charge >= 0.3 is 5.69 Å². The molecule has 12 nitrogen and oxygen atoms in total. The summed E-state index contributed by atoms with van der Waals surface area (Å²) in [5, 5.41) is 9.45. The van der Waals surface area contributed by atoms with E-state index in [1.807, 2.05) is 78.9 Å². The number of rotatable bonds is 20. The summed E-state index contributed by atoms with van der Waals surface area (Å²) in [5.74, 6) is 4.65. The summed E-state index contributed by atoms with van der Waals surface area (Å²) in [6.45, 7) is 21.8. The van der Waals surface area contributed by atoms with Crippen LogP contribution in [0.3, 0.4) is 0 Å². The third kappa shape index (κ3) is 11.1. The number of aromatic amines is 1. The third-order valence-electron chi connectivity index (χ3n) is 12.3. The molecule has 14 heteroatoms. The molecule has 0 aliphatic carbocycles. The number of H-pyrrole nitrogens is 1. The van der Waals surface area contributed by atoms with E-state index in [9.17, 15) is 14.9 Å². The zero-order chi connectivity index (χ0) is 46.8. The molecule has 1 saturated heterocycles. The molecule has 4 aromatic rings. The summed E-state index contributed by atoms with van der Waals surface area (Å²) in [7, 11) is -0.682. The van der Waals surface area contributed by atoms with E-state index in [-0.39, 0.29) is 43.7 Å². The molecule has 4 atom stereocenters. The minimum atomic E-state index is -2.22. The Morgan fingerprint density at radius 3 is 1.84 bits per heavy atom. The Morgan fingerprint density at radius 1 is 0.828 bits per heavy atom. The van der Waals surface area contributed by atoms with E-state index < -0.39 is 51.9 Å². The predicted octanol–water partition coefficient (Wildman–Crippen LogP) is 10.1. The molecule has 5 rings (SSSR count). The van der Waals surface area contributed by atoms with E-state index in [2.05, 4.69) is 96.4 Å². The van der Waals surface area contributed by atoms with Crippen LogP contribution in [0, 0.1) is 22.8 Å². The van der Waals surface area contributed by atoms with Crippen molar-refractivity contribution < 1.29 is 28.0 Å². The maximum absolute atomic E-state index is 13.8. The van der Waals surface area contributed by atoms with Gasteiger partial charge < -0.3 is 28.0 Å². The molecule has 1 aliphatic heterocycles. The van der Waals surface area contributed by atoms with Crippen LogP contribution in [0.15, 0.2) is 94.6 Å². The topological polar surface area (TPSA) is 137 Å². The lowest BCUT2D eigenvalue weighted by Gasteiger charge is -2.39. The SMILES string of the molecule is COc1ccc(C(OC[C@H]2O[C@@H](n3cc(C#C[Si](C(C)C)(C(C)C)C(C)C)c(=O)[nH]c3=O)C[C@@H]2OP(OCCC#N)N(C(C)C)C(C)C)(c2ccccc2)c2ccc(OC)cc2)cc1. The predicted molar refractivity (Wildman–Crippen MR) is 256 cm³/mol. The molecule has 2 heterocycles. The molecule has 1 unspecified atom stereocenters. The van der Waals surface area contributed by atoms with Crippen LogP contribution in [0.2, 0.25) is 16.6 Å². The number of nitrogens with zero attached hydrogens (tertiary/aromatic N) is 3. The largest absolute Gasteiger partial charge is 0.497 e. The first-order valence-corrected chi connectivity index (χ1v) is 25.7. The molecule has 0 bridgehead atoms. The Kier molecular flexibility index (Phi) is 17.8. The van der Waals surface area contributed by atoms with Gasteiger partial charge in [0.1, 0.15) is 43.1 Å². The maximum atomic E-state index is 13.8. The number of ether oxygens (including phenoxy) is 4. The van der Waals surface area contributed by atoms with Gasteiger partial charge in [-0.1, -0.05) is 102 Å². The first-order chi connectivity index (χ1) is 30.5. The number of hydrogen-bond acceptors (Lipinski definition) is 10. The van der Waals surface area contributed by atoms with Gasteiger partial charge in [0, 0.05) is 24.7 Å². The highest BCUT2D eigenvalue weighted by Crippen LogP contribution is 2.51. The van der Waals surface area contributed by atoms with E-state index in [0.717, 1.165) is 16.7 Å². The van der Waals surface area contributed by atoms with Crippen LogP contribution >= 0.6 is 8.53 Å². The summed E-state index contributed by atoms with van der Waals surface area (Å²) in [5.41, 5.74) is 5.12. The normalized spacial score (nSPS) is 17.3. The Bertz CT molecular complexity index is 2260. The van der Waals surface area contributed by atoms with Crippen molar-refractivity contribution in [1.29, 1.82) is 5.26 Å². The van der Waals surface area contributed by atoms with E-state index in [0.29, 0.717) is 28.1 Å². The summed E-state index contributed by atoms with van der Waals surface area (Å²) >= 11 is 0. The van der Waals surface area contributed by atoms with Crippen molar-refractivity contribution in [1.82, 2.24) is 14.2 Å². The number of nitrogens with one attached hydrogen (secondary N) is 1. The van der Waals surface area contributed by atoms with Crippen molar-refractivity contribution >= 4 is 16.6 Å². The second-order valence-corrected chi connectivity index (χ2v) is 24.7. The molecule has 0 saturated carbocycles. The van der Waals surface area contributed by atoms with Crippen molar-refractivity contribution in [2.24, 2.45) is 0 Å². The second kappa shape index (κ2) is 22.6. The van der Waals surface area contributed by atoms with Crippen molar-refractivity contribution in [2.45, 2.75) is 135 Å². The van der Waals surface area contributed by atoms with Crippen molar-refractivity contribution in [2.75, 3.05) is 27.4 Å². The minimum Gasteiger partial charge on any atom is -0.497 e. The van der Waals surface area contributed by atoms with Gasteiger partial charge in [-0.15, -0.1) is 5.54 Å². The molecule has 3 aromatic carbocycles. The summed E-state index contributed by atoms with van der Waals surface area (Å²) in [6, 6.07) is 27.8. The zero-order valence-corrected chi connectivity index (χ0v) is 41.5. The Balaban J connectivity index is 1.65. The fourth-order valence-electron chi connectivity index (χ4n) is 9.22. The maximum Gasteiger partial charge on any atom is 0.330 e. The van der Waals surface area contributed by atoms with E-state index >= 15 is 0 Å². The molecular weight excluding hydrogens is 844 g/mol. The lowest BCUT2D eigenvalue weighted by molar-refractivity contribution is -0.0925. The molecule has 0 radical (unpaired) electrons. The van der Waals surface area contributed by atoms with Crippen molar-refractivity contribution in [3.63, 3.8) is 0 Å². The number of methoxy groups -OCH3 is 2. The summed E-state index contributed by atoms with van der Waals surface area (Å²) < 4.78 is 42.4. The number of hydrogen-bond donors (Lipinski definition) is 1. The highest BCUT2D eigenvalue weighted by Gasteiger charge is 2.46. The van der Waals surface area contributed by atoms with Gasteiger partial charge in [0.2, 0.25) is 0 Å². The first-order valence-electron chi connectivity index (χ1n) is 22.3. The Hall–Kier alpha value is -4.56. The van der Waals surface area contributed by atoms with E-state index in [1.165, 1.54) is 10.8 Å². The van der Waals surface area contributed by atoms with Gasteiger partial charge in [-0.25, -0.2) is 9.46 Å². The van der Waals surface area contributed by atoms with Gasteiger partial charge in [0.05, 0.1) is 46.0 Å². The first kappa shape index (κ1) is 50.4. The molecule has 344 valence electrons. The minimum absolute atomic E-state index is 0.00883. The van der Waals surface area contributed by atoms with Crippen LogP contribution in [-0.2, 0) is 24.1 Å². The Labute approximate surface area is 382 Å². The average Bonchev–Trinajstić information content (AvgIpc) is 3.66. The lowest BCUT2D eigenvalue weighted by Crippen LogP contribution is -2.43. The third-order valence-corrected chi connectivity index (χ3v) is 20.7. The summed E-state index contributed by atoms with van der Waals surface area (Å²) in [4.78, 5) is 29.8. The van der Waals surface area contributed by atoms with E-state index in [4.69, 9.17) is 28.0 Å². The molecule has 1 N–H and O–H groups in total. The second-order valence-electron chi connectivity index (χ2n) is 17.7. The van der Waals surface area contributed by atoms with Gasteiger partial charge in [0.25, 0.3) is 14.1 Å². The monoisotopic (exact) mass is 910 g/mol. The van der Waals surface area contributed by atoms with Gasteiger partial charge in [-0.3, -0.25) is 14.3 Å². The van der Waals surface area contributed by atoms with Gasteiger partial charge in [-0.05, 0) is 85.3 Å². The highest BCUT2D eigenvalue weighted by molar-refractivity contribution is 7.44. The summed E-state index contributed by atoms with van der Waals surface area (Å²) in [6.07, 6.45) is -0.314. The number of benzene rings is 3. The quantitative estimate of drug-likeness (QED) is 0.0300. The van der Waals surface area contributed by atoms with E-state index in [1.54, 1.807) is 14.2 Å². The molecular formula is C50H67N4O8PSi. The molecule has 64 heavy (non-hydrogen) atoms. The van der Waals surface area contributed by atoms with Crippen LogP contribution < -0.4 is 20.7 Å². The average molecular weight is 911 g/mol. The van der Waals surface area contributed by atoms with Crippen LogP contribution in [0.25, 0.3) is 0 Å². The fourth-order valence-corrected chi connectivity index (χ4v) is 16.2. The zero-order valence-electron chi connectivity index (χ0n) is 39.6. The molecule has 1 fully saturated rings. The van der Waals surface area contributed by atoms with Crippen molar-refractivity contribution in [3.8, 4) is 29.0 Å². The molecule has 1 aromatic heterocycles. The van der Waals surface area contributed by atoms with Crippen LogP contribution in [0.5, 0.6) is 11.5 Å². The number of nitriles is 1. The van der Waals surface area contributed by atoms with Crippen LogP contribution in [-0.4, -0.2) is 74.0 Å². The standard InChI is InChI=1S/C50H67N4O8PSi/c1-34(2)54(35(3)4)63(60-29-16-28-51)62-45-31-47(53-32-39(48(55)52-49(53)56)27-30-64(36(5)6,37(7)8)38(9)10)61-46(45)33-59-50(40-17-14-13-15-18-40,41-19-23-43(57-11)24-20-41)42-21-25-44(58-12)26-22-42/h13-15,17-26,32,34-38,45-47H,16,29,31,33H2,1-12H3,(H,52,55,56)/t45-,46+,47+,63?/m0/s1. The molecule has 0 spiro atoms. The lowest BCUT2D eigenvalue weighted by atomic mass is 9.80. The smallest absolute Gasteiger partial charge is 0.330 e. The van der Waals surface area contributed by atoms with Crippen LogP contribution in [0.4, 0.5) is 0 Å². The van der Waals surface area contributed by atoms with Gasteiger partial charge in [0.15, 0.2) is 0 Å². The van der Waals surface area contributed by atoms with Crippen LogP contribution in [0.1, 0.15) is 111 Å². The molecule has 1 aliphatic rings. The Morgan fingerprint density at radius 2 is 1.36 bits per heavy atom. The number of aromatic nitrogens is 2. The highest BCUT2D eigenvalue weighted by atomic mass is 31.2.